The first-order valence-electron chi connectivity index (χ1n) is 9.19. The Balaban J connectivity index is 1.36. The lowest BCUT2D eigenvalue weighted by molar-refractivity contribution is -0.120. The van der Waals surface area contributed by atoms with Crippen molar-refractivity contribution < 1.29 is 9.18 Å². The number of amides is 1. The lowest BCUT2D eigenvalue weighted by atomic mass is 9.97. The number of thiazole rings is 1. The normalized spacial score (nSPS) is 16.8. The van der Waals surface area contributed by atoms with E-state index in [0.717, 1.165) is 29.8 Å². The molecule has 1 saturated heterocycles. The Labute approximate surface area is 166 Å². The lowest BCUT2D eigenvalue weighted by Crippen LogP contribution is -2.41. The van der Waals surface area contributed by atoms with Crippen molar-refractivity contribution >= 4 is 28.3 Å². The number of rotatable bonds is 5. The van der Waals surface area contributed by atoms with Gasteiger partial charge in [0, 0.05) is 43.0 Å². The highest BCUT2D eigenvalue weighted by Crippen LogP contribution is 2.24. The molecule has 144 valence electrons. The van der Waals surface area contributed by atoms with Crippen LogP contribution in [-0.4, -0.2) is 33.9 Å². The zero-order valence-electron chi connectivity index (χ0n) is 15.2. The van der Waals surface area contributed by atoms with E-state index in [1.807, 2.05) is 0 Å². The second kappa shape index (κ2) is 8.43. The predicted molar refractivity (Wildman–Crippen MR) is 107 cm³/mol. The lowest BCUT2D eigenvalue weighted by Gasteiger charge is -2.31. The van der Waals surface area contributed by atoms with E-state index in [1.165, 1.54) is 23.5 Å². The molecule has 1 amide bonds. The first kappa shape index (κ1) is 18.5. The van der Waals surface area contributed by atoms with E-state index in [4.69, 9.17) is 0 Å². The van der Waals surface area contributed by atoms with E-state index in [0.29, 0.717) is 24.0 Å². The largest absolute Gasteiger partial charge is 0.340 e. The Morgan fingerprint density at radius 1 is 1.21 bits per heavy atom. The van der Waals surface area contributed by atoms with Crippen LogP contribution in [0.3, 0.4) is 0 Å². The van der Waals surface area contributed by atoms with Gasteiger partial charge >= 0.3 is 0 Å². The number of benzene rings is 1. The topological polar surface area (TPSA) is 71.0 Å². The van der Waals surface area contributed by atoms with Crippen molar-refractivity contribution in [3.63, 3.8) is 0 Å². The van der Waals surface area contributed by atoms with Gasteiger partial charge in [0.2, 0.25) is 11.9 Å². The third kappa shape index (κ3) is 4.51. The molecule has 1 atom stereocenters. The molecule has 3 aromatic rings. The molecule has 0 aliphatic carbocycles. The number of nitrogens with one attached hydrogen (secondary N) is 1. The van der Waals surface area contributed by atoms with Crippen molar-refractivity contribution in [1.82, 2.24) is 15.0 Å². The van der Waals surface area contributed by atoms with Gasteiger partial charge in [0.15, 0.2) is 5.13 Å². The standard InChI is InChI=1S/C20H20FN5OS/c21-16-6-4-14(5-7-16)11-17-12-24-20(28-17)25-18(27)15-3-1-10-26(13-15)19-22-8-2-9-23-19/h2,4-9,12,15H,1,3,10-11,13H2,(H,24,25,27)/t15-/m1/s1. The number of piperidine rings is 1. The number of hydrogen-bond acceptors (Lipinski definition) is 6. The predicted octanol–water partition coefficient (Wildman–Crippen LogP) is 3.52. The van der Waals surface area contributed by atoms with E-state index in [9.17, 15) is 9.18 Å². The smallest absolute Gasteiger partial charge is 0.231 e. The maximum atomic E-state index is 13.0. The average molecular weight is 397 g/mol. The fourth-order valence-electron chi connectivity index (χ4n) is 3.29. The molecule has 28 heavy (non-hydrogen) atoms. The van der Waals surface area contributed by atoms with Crippen LogP contribution in [-0.2, 0) is 11.2 Å². The number of carbonyl (C=O) groups excluding carboxylic acids is 1. The molecule has 1 aromatic carbocycles. The van der Waals surface area contributed by atoms with E-state index in [-0.39, 0.29) is 17.6 Å². The van der Waals surface area contributed by atoms with Crippen molar-refractivity contribution in [3.05, 3.63) is 65.2 Å². The van der Waals surface area contributed by atoms with Crippen LogP contribution < -0.4 is 10.2 Å². The number of hydrogen-bond donors (Lipinski definition) is 1. The van der Waals surface area contributed by atoms with Gasteiger partial charge in [-0.05, 0) is 36.6 Å². The molecule has 0 bridgehead atoms. The second-order valence-electron chi connectivity index (χ2n) is 6.76. The summed E-state index contributed by atoms with van der Waals surface area (Å²) in [6.45, 7) is 1.45. The summed E-state index contributed by atoms with van der Waals surface area (Å²) in [4.78, 5) is 28.6. The molecule has 1 aliphatic rings. The van der Waals surface area contributed by atoms with E-state index in [1.54, 1.807) is 36.8 Å². The van der Waals surface area contributed by atoms with Gasteiger partial charge in [0.25, 0.3) is 0 Å². The molecule has 3 heterocycles. The molecule has 4 rings (SSSR count). The highest BCUT2D eigenvalue weighted by atomic mass is 32.1. The quantitative estimate of drug-likeness (QED) is 0.713. The van der Waals surface area contributed by atoms with Crippen molar-refractivity contribution in [3.8, 4) is 0 Å². The summed E-state index contributed by atoms with van der Waals surface area (Å²) in [6, 6.07) is 8.20. The number of carbonyl (C=O) groups is 1. The molecule has 0 saturated carbocycles. The van der Waals surface area contributed by atoms with Gasteiger partial charge in [0.1, 0.15) is 5.82 Å². The van der Waals surface area contributed by atoms with E-state index in [2.05, 4.69) is 25.2 Å². The third-order valence-corrected chi connectivity index (χ3v) is 5.62. The van der Waals surface area contributed by atoms with Crippen LogP contribution in [0.4, 0.5) is 15.5 Å². The van der Waals surface area contributed by atoms with Crippen LogP contribution >= 0.6 is 11.3 Å². The highest BCUT2D eigenvalue weighted by molar-refractivity contribution is 7.15. The Morgan fingerprint density at radius 2 is 2.00 bits per heavy atom. The maximum absolute atomic E-state index is 13.0. The minimum atomic E-state index is -0.247. The molecule has 1 fully saturated rings. The SMILES string of the molecule is O=C(Nc1ncc(Cc2ccc(F)cc2)s1)[C@@H]1CCCN(c2ncccn2)C1. The molecular formula is C20H20FN5OS. The van der Waals surface area contributed by atoms with Crippen molar-refractivity contribution in [2.45, 2.75) is 19.3 Å². The van der Waals surface area contributed by atoms with Gasteiger partial charge < -0.3 is 10.2 Å². The minimum Gasteiger partial charge on any atom is -0.340 e. The van der Waals surface area contributed by atoms with Gasteiger partial charge in [-0.25, -0.2) is 19.3 Å². The average Bonchev–Trinajstić information content (AvgIpc) is 3.17. The maximum Gasteiger partial charge on any atom is 0.231 e. The fraction of sp³-hybridized carbons (Fsp3) is 0.300. The fourth-order valence-corrected chi connectivity index (χ4v) is 4.13. The van der Waals surface area contributed by atoms with Crippen LogP contribution in [0.2, 0.25) is 0 Å². The van der Waals surface area contributed by atoms with Crippen LogP contribution in [0.25, 0.3) is 0 Å². The summed E-state index contributed by atoms with van der Waals surface area (Å²) in [5.74, 6) is 0.268. The zero-order valence-corrected chi connectivity index (χ0v) is 16.0. The Hall–Kier alpha value is -2.87. The van der Waals surface area contributed by atoms with Gasteiger partial charge in [-0.15, -0.1) is 11.3 Å². The van der Waals surface area contributed by atoms with Crippen molar-refractivity contribution in [1.29, 1.82) is 0 Å². The van der Waals surface area contributed by atoms with E-state index >= 15 is 0 Å². The molecule has 0 unspecified atom stereocenters. The summed E-state index contributed by atoms with van der Waals surface area (Å²) < 4.78 is 13.0. The molecule has 1 aliphatic heterocycles. The number of aromatic nitrogens is 3. The molecule has 0 spiro atoms. The number of halogens is 1. The summed E-state index contributed by atoms with van der Waals surface area (Å²) in [5.41, 5.74) is 1.01. The van der Waals surface area contributed by atoms with Crippen LogP contribution in [0.1, 0.15) is 23.3 Å². The van der Waals surface area contributed by atoms with Crippen LogP contribution in [0, 0.1) is 11.7 Å². The van der Waals surface area contributed by atoms with E-state index < -0.39 is 0 Å². The number of nitrogens with zero attached hydrogens (tertiary/aromatic N) is 4. The van der Waals surface area contributed by atoms with Crippen LogP contribution in [0.5, 0.6) is 0 Å². The Morgan fingerprint density at radius 3 is 2.79 bits per heavy atom. The summed E-state index contributed by atoms with van der Waals surface area (Å²) >= 11 is 1.45. The third-order valence-electron chi connectivity index (χ3n) is 4.70. The second-order valence-corrected chi connectivity index (χ2v) is 7.87. The Kier molecular flexibility index (Phi) is 5.57. The molecule has 2 aromatic heterocycles. The summed E-state index contributed by atoms with van der Waals surface area (Å²) in [5, 5.41) is 3.53. The van der Waals surface area contributed by atoms with Crippen LogP contribution in [0.15, 0.2) is 48.9 Å². The molecule has 1 N–H and O–H groups in total. The zero-order chi connectivity index (χ0) is 19.3. The summed E-state index contributed by atoms with van der Waals surface area (Å²) in [6.07, 6.45) is 7.60. The summed E-state index contributed by atoms with van der Waals surface area (Å²) in [7, 11) is 0. The number of anilines is 2. The molecular weight excluding hydrogens is 377 g/mol. The van der Waals surface area contributed by atoms with Gasteiger partial charge in [0.05, 0.1) is 5.92 Å². The first-order valence-corrected chi connectivity index (χ1v) is 10.0. The first-order chi connectivity index (χ1) is 13.7. The van der Waals surface area contributed by atoms with Crippen molar-refractivity contribution in [2.24, 2.45) is 5.92 Å². The van der Waals surface area contributed by atoms with Crippen molar-refractivity contribution in [2.75, 3.05) is 23.3 Å². The molecule has 8 heteroatoms. The van der Waals surface area contributed by atoms with Gasteiger partial charge in [-0.2, -0.15) is 0 Å². The Bertz CT molecular complexity index is 931. The molecule has 6 nitrogen and oxygen atoms in total. The monoisotopic (exact) mass is 397 g/mol. The minimum absolute atomic E-state index is 0.0247. The highest BCUT2D eigenvalue weighted by Gasteiger charge is 2.27. The van der Waals surface area contributed by atoms with Gasteiger partial charge in [-0.1, -0.05) is 12.1 Å². The van der Waals surface area contributed by atoms with Gasteiger partial charge in [-0.3, -0.25) is 4.79 Å². The molecule has 0 radical (unpaired) electrons.